The van der Waals surface area contributed by atoms with Crippen molar-refractivity contribution in [2.45, 2.75) is 45.3 Å². The molecule has 0 aromatic heterocycles. The number of carboxylic acids is 1. The molecule has 1 atom stereocenters. The summed E-state index contributed by atoms with van der Waals surface area (Å²) in [6.07, 6.45) is 1.52. The Labute approximate surface area is 194 Å². The van der Waals surface area contributed by atoms with Gasteiger partial charge in [-0.3, -0.25) is 9.59 Å². The molecule has 3 aromatic rings. The van der Waals surface area contributed by atoms with Crippen molar-refractivity contribution in [1.29, 1.82) is 0 Å². The van der Waals surface area contributed by atoms with E-state index < -0.39 is 5.97 Å². The number of nitrogens with one attached hydrogen (secondary N) is 1. The minimum atomic E-state index is -0.773. The van der Waals surface area contributed by atoms with E-state index in [-0.39, 0.29) is 18.2 Å². The van der Waals surface area contributed by atoms with Crippen molar-refractivity contribution in [3.8, 4) is 5.75 Å². The van der Waals surface area contributed by atoms with Crippen LogP contribution in [0.1, 0.15) is 47.9 Å². The van der Waals surface area contributed by atoms with E-state index in [0.29, 0.717) is 31.0 Å². The van der Waals surface area contributed by atoms with E-state index in [1.54, 1.807) is 0 Å². The number of para-hydroxylation sites is 2. The summed E-state index contributed by atoms with van der Waals surface area (Å²) in [5.41, 5.74) is 10.3. The van der Waals surface area contributed by atoms with Crippen LogP contribution in [0.25, 0.3) is 0 Å². The molecule has 1 amide bonds. The van der Waals surface area contributed by atoms with Crippen LogP contribution < -0.4 is 15.8 Å². The Morgan fingerprint density at radius 3 is 2.24 bits per heavy atom. The SMILES string of the molecule is CC(C(=O)Nc1ccccc1OCc1ccc(CCCC(=O)O)cc1)c1ccc(CN)cc1. The summed E-state index contributed by atoms with van der Waals surface area (Å²) >= 11 is 0. The molecular formula is C27H30N2O4. The van der Waals surface area contributed by atoms with Gasteiger partial charge in [0.15, 0.2) is 0 Å². The highest BCUT2D eigenvalue weighted by atomic mass is 16.5. The number of carboxylic acid groups (broad SMARTS) is 1. The maximum Gasteiger partial charge on any atom is 0.303 e. The number of ether oxygens (including phenoxy) is 1. The Morgan fingerprint density at radius 1 is 0.939 bits per heavy atom. The fourth-order valence-electron chi connectivity index (χ4n) is 3.44. The van der Waals surface area contributed by atoms with Crippen LogP contribution in [-0.2, 0) is 29.2 Å². The number of carbonyl (C=O) groups excluding carboxylic acids is 1. The zero-order valence-corrected chi connectivity index (χ0v) is 18.8. The number of anilines is 1. The molecule has 0 saturated carbocycles. The van der Waals surface area contributed by atoms with Gasteiger partial charge in [-0.2, -0.15) is 0 Å². The maximum absolute atomic E-state index is 12.8. The lowest BCUT2D eigenvalue weighted by molar-refractivity contribution is -0.137. The highest BCUT2D eigenvalue weighted by Gasteiger charge is 2.17. The van der Waals surface area contributed by atoms with Gasteiger partial charge in [-0.05, 0) is 54.2 Å². The molecule has 0 spiro atoms. The summed E-state index contributed by atoms with van der Waals surface area (Å²) in [7, 11) is 0. The first-order chi connectivity index (χ1) is 16.0. The third-order valence-electron chi connectivity index (χ3n) is 5.53. The standard InChI is InChI=1S/C27H30N2O4/c1-19(23-15-13-21(17-28)14-16-23)27(32)29-24-6-2-3-7-25(24)33-18-22-11-9-20(10-12-22)5-4-8-26(30)31/h2-3,6-7,9-16,19H,4-5,8,17-18,28H2,1H3,(H,29,32)(H,30,31). The van der Waals surface area contributed by atoms with Crippen molar-refractivity contribution in [1.82, 2.24) is 0 Å². The molecular weight excluding hydrogens is 416 g/mol. The molecule has 33 heavy (non-hydrogen) atoms. The molecule has 3 aromatic carbocycles. The molecule has 0 radical (unpaired) electrons. The van der Waals surface area contributed by atoms with Crippen LogP contribution in [-0.4, -0.2) is 17.0 Å². The van der Waals surface area contributed by atoms with Crippen LogP contribution in [0.4, 0.5) is 5.69 Å². The molecule has 3 rings (SSSR count). The number of nitrogens with two attached hydrogens (primary N) is 1. The fraction of sp³-hybridized carbons (Fsp3) is 0.259. The number of hydrogen-bond acceptors (Lipinski definition) is 4. The Bertz CT molecular complexity index is 1060. The maximum atomic E-state index is 12.8. The van der Waals surface area contributed by atoms with Crippen molar-refractivity contribution in [2.24, 2.45) is 5.73 Å². The smallest absolute Gasteiger partial charge is 0.303 e. The molecule has 0 heterocycles. The molecule has 0 fully saturated rings. The van der Waals surface area contributed by atoms with E-state index >= 15 is 0 Å². The molecule has 1 unspecified atom stereocenters. The van der Waals surface area contributed by atoms with Gasteiger partial charge in [-0.1, -0.05) is 60.7 Å². The average Bonchev–Trinajstić information content (AvgIpc) is 2.83. The normalized spacial score (nSPS) is 11.6. The zero-order valence-electron chi connectivity index (χ0n) is 18.8. The fourth-order valence-corrected chi connectivity index (χ4v) is 3.44. The summed E-state index contributed by atoms with van der Waals surface area (Å²) in [5, 5.41) is 11.7. The van der Waals surface area contributed by atoms with Gasteiger partial charge < -0.3 is 20.9 Å². The molecule has 0 aliphatic heterocycles. The monoisotopic (exact) mass is 446 g/mol. The average molecular weight is 447 g/mol. The van der Waals surface area contributed by atoms with Crippen molar-refractivity contribution in [2.75, 3.05) is 5.32 Å². The van der Waals surface area contributed by atoms with Crippen molar-refractivity contribution >= 4 is 17.6 Å². The molecule has 0 saturated heterocycles. The summed E-state index contributed by atoms with van der Waals surface area (Å²) in [6.45, 7) is 2.70. The van der Waals surface area contributed by atoms with Crippen molar-refractivity contribution in [3.05, 3.63) is 95.1 Å². The van der Waals surface area contributed by atoms with Crippen LogP contribution in [0, 0.1) is 0 Å². The van der Waals surface area contributed by atoms with Crippen LogP contribution >= 0.6 is 0 Å². The number of aliphatic carboxylic acids is 1. The van der Waals surface area contributed by atoms with Gasteiger partial charge in [0.05, 0.1) is 11.6 Å². The van der Waals surface area contributed by atoms with Crippen LogP contribution in [0.3, 0.4) is 0 Å². The quantitative estimate of drug-likeness (QED) is 0.390. The van der Waals surface area contributed by atoms with Gasteiger partial charge >= 0.3 is 5.97 Å². The van der Waals surface area contributed by atoms with E-state index in [1.165, 1.54) is 0 Å². The number of rotatable bonds is 11. The topological polar surface area (TPSA) is 102 Å². The lowest BCUT2D eigenvalue weighted by Crippen LogP contribution is -2.19. The minimum absolute atomic E-state index is 0.114. The largest absolute Gasteiger partial charge is 0.487 e. The molecule has 0 aliphatic carbocycles. The Balaban J connectivity index is 1.58. The van der Waals surface area contributed by atoms with Crippen LogP contribution in [0.2, 0.25) is 0 Å². The predicted molar refractivity (Wildman–Crippen MR) is 129 cm³/mol. The van der Waals surface area contributed by atoms with Crippen LogP contribution in [0.5, 0.6) is 5.75 Å². The Morgan fingerprint density at radius 2 is 1.58 bits per heavy atom. The summed E-state index contributed by atoms with van der Waals surface area (Å²) in [4.78, 5) is 23.5. The number of aryl methyl sites for hydroxylation is 1. The number of hydrogen-bond donors (Lipinski definition) is 3. The van der Waals surface area contributed by atoms with E-state index in [1.807, 2.05) is 79.7 Å². The van der Waals surface area contributed by atoms with Crippen LogP contribution in [0.15, 0.2) is 72.8 Å². The second kappa shape index (κ2) is 11.8. The summed E-state index contributed by atoms with van der Waals surface area (Å²) in [6, 6.07) is 23.0. The van der Waals surface area contributed by atoms with Gasteiger partial charge in [0.2, 0.25) is 5.91 Å². The lowest BCUT2D eigenvalue weighted by atomic mass is 9.99. The van der Waals surface area contributed by atoms with Gasteiger partial charge in [0.1, 0.15) is 12.4 Å². The molecule has 0 aliphatic rings. The third kappa shape index (κ3) is 7.19. The molecule has 6 heteroatoms. The van der Waals surface area contributed by atoms with Gasteiger partial charge in [0, 0.05) is 13.0 Å². The van der Waals surface area contributed by atoms with E-state index in [0.717, 1.165) is 28.7 Å². The number of carbonyl (C=O) groups is 2. The van der Waals surface area contributed by atoms with E-state index in [2.05, 4.69) is 5.32 Å². The second-order valence-corrected chi connectivity index (χ2v) is 8.01. The molecule has 6 nitrogen and oxygen atoms in total. The van der Waals surface area contributed by atoms with Crippen molar-refractivity contribution in [3.63, 3.8) is 0 Å². The third-order valence-corrected chi connectivity index (χ3v) is 5.53. The van der Waals surface area contributed by atoms with Crippen molar-refractivity contribution < 1.29 is 19.4 Å². The predicted octanol–water partition coefficient (Wildman–Crippen LogP) is 4.87. The zero-order chi connectivity index (χ0) is 23.6. The first-order valence-corrected chi connectivity index (χ1v) is 11.1. The Kier molecular flexibility index (Phi) is 8.61. The summed E-state index contributed by atoms with van der Waals surface area (Å²) in [5.74, 6) is -0.609. The molecule has 4 N–H and O–H groups in total. The lowest BCUT2D eigenvalue weighted by Gasteiger charge is -2.16. The van der Waals surface area contributed by atoms with Gasteiger partial charge in [0.25, 0.3) is 0 Å². The van der Waals surface area contributed by atoms with E-state index in [4.69, 9.17) is 15.6 Å². The first kappa shape index (κ1) is 24.0. The number of amides is 1. The van der Waals surface area contributed by atoms with E-state index in [9.17, 15) is 9.59 Å². The first-order valence-electron chi connectivity index (χ1n) is 11.1. The minimum Gasteiger partial charge on any atom is -0.487 e. The number of benzene rings is 3. The molecule has 172 valence electrons. The van der Waals surface area contributed by atoms with Gasteiger partial charge in [-0.25, -0.2) is 0 Å². The highest BCUT2D eigenvalue weighted by molar-refractivity contribution is 5.96. The molecule has 0 bridgehead atoms. The highest BCUT2D eigenvalue weighted by Crippen LogP contribution is 2.27. The van der Waals surface area contributed by atoms with Gasteiger partial charge in [-0.15, -0.1) is 0 Å². The second-order valence-electron chi connectivity index (χ2n) is 8.01. The summed E-state index contributed by atoms with van der Waals surface area (Å²) < 4.78 is 5.99. The Hall–Kier alpha value is -3.64.